The van der Waals surface area contributed by atoms with E-state index in [2.05, 4.69) is 25.3 Å². The number of H-pyrrole nitrogens is 1. The quantitative estimate of drug-likeness (QED) is 0.319. The van der Waals surface area contributed by atoms with E-state index in [1.54, 1.807) is 31.3 Å². The predicted octanol–water partition coefficient (Wildman–Crippen LogP) is 3.74. The number of alkyl halides is 6. The fraction of sp³-hybridized carbons (Fsp3) is 0.190. The second-order valence-electron chi connectivity index (χ2n) is 7.45. The number of hydrogen-bond acceptors (Lipinski definition) is 8. The molecule has 2 aromatic carbocycles. The normalized spacial score (nSPS) is 17.6. The summed E-state index contributed by atoms with van der Waals surface area (Å²) in [6.45, 7) is 1.79. The van der Waals surface area contributed by atoms with Gasteiger partial charge in [-0.05, 0) is 54.5 Å². The molecule has 4 rings (SSSR count). The number of carboxylic acids is 1. The Labute approximate surface area is 202 Å². The van der Waals surface area contributed by atoms with Crippen LogP contribution in [0.4, 0.5) is 32.0 Å². The molecule has 1 aliphatic heterocycles. The highest BCUT2D eigenvalue weighted by Gasteiger charge is 2.38. The number of benzene rings is 2. The van der Waals surface area contributed by atoms with Crippen molar-refractivity contribution in [3.63, 3.8) is 0 Å². The van der Waals surface area contributed by atoms with E-state index in [4.69, 9.17) is 20.1 Å². The lowest BCUT2D eigenvalue weighted by Gasteiger charge is -2.35. The van der Waals surface area contributed by atoms with Gasteiger partial charge in [-0.1, -0.05) is 6.07 Å². The van der Waals surface area contributed by atoms with Gasteiger partial charge in [-0.3, -0.25) is 4.98 Å². The molecule has 0 aliphatic carbocycles. The van der Waals surface area contributed by atoms with Crippen LogP contribution in [0.25, 0.3) is 11.1 Å². The minimum Gasteiger partial charge on any atom is -0.475 e. The van der Waals surface area contributed by atoms with E-state index in [0.29, 0.717) is 27.9 Å². The Morgan fingerprint density at radius 3 is 2.32 bits per heavy atom. The number of aliphatic carboxylic acids is 1. The van der Waals surface area contributed by atoms with E-state index >= 15 is 0 Å². The maximum atomic E-state index is 12.3. The zero-order chi connectivity index (χ0) is 27.6. The molecule has 0 spiro atoms. The largest absolute Gasteiger partial charge is 0.573 e. The molecule has 198 valence electrons. The summed E-state index contributed by atoms with van der Waals surface area (Å²) in [5.74, 6) is -3.38. The predicted molar refractivity (Wildman–Crippen MR) is 117 cm³/mol. The van der Waals surface area contributed by atoms with E-state index < -0.39 is 29.9 Å². The van der Waals surface area contributed by atoms with Crippen LogP contribution in [0.5, 0.6) is 5.75 Å². The average Bonchev–Trinajstić information content (AvgIpc) is 3.16. The summed E-state index contributed by atoms with van der Waals surface area (Å²) in [4.78, 5) is 27.1. The van der Waals surface area contributed by atoms with Crippen molar-refractivity contribution in [2.75, 3.05) is 5.32 Å². The highest BCUT2D eigenvalue weighted by molar-refractivity contribution is 5.95. The Bertz CT molecular complexity index is 1410. The van der Waals surface area contributed by atoms with Gasteiger partial charge in [0.1, 0.15) is 11.4 Å². The van der Waals surface area contributed by atoms with Crippen LogP contribution in [0, 0.1) is 0 Å². The van der Waals surface area contributed by atoms with Gasteiger partial charge < -0.3 is 30.6 Å². The van der Waals surface area contributed by atoms with Crippen LogP contribution in [0.1, 0.15) is 12.5 Å². The first-order chi connectivity index (χ1) is 17.1. The first-order valence-electron chi connectivity index (χ1n) is 9.95. The molecule has 10 nitrogen and oxygen atoms in total. The number of carbonyl (C=O) groups is 1. The number of oxazole rings is 1. The van der Waals surface area contributed by atoms with Crippen LogP contribution in [0.2, 0.25) is 0 Å². The number of aliphatic imine (C=N–C) groups is 1. The Hall–Kier alpha value is -4.47. The van der Waals surface area contributed by atoms with E-state index in [0.717, 1.165) is 0 Å². The van der Waals surface area contributed by atoms with Gasteiger partial charge in [-0.25, -0.2) is 14.6 Å². The fourth-order valence-corrected chi connectivity index (χ4v) is 3.02. The Kier molecular flexibility index (Phi) is 7.25. The number of nitrogens with zero attached hydrogens (tertiary/aromatic N) is 1. The zero-order valence-electron chi connectivity index (χ0n) is 18.5. The van der Waals surface area contributed by atoms with Gasteiger partial charge >= 0.3 is 24.3 Å². The molecule has 1 aliphatic rings. The van der Waals surface area contributed by atoms with Gasteiger partial charge in [0.05, 0.1) is 5.52 Å². The second kappa shape index (κ2) is 9.88. The summed E-state index contributed by atoms with van der Waals surface area (Å²) in [5.41, 5.74) is 8.16. The van der Waals surface area contributed by atoms with Gasteiger partial charge in [-0.2, -0.15) is 13.2 Å². The molecule has 1 atom stereocenters. The highest BCUT2D eigenvalue weighted by Crippen LogP contribution is 2.29. The summed E-state index contributed by atoms with van der Waals surface area (Å²) >= 11 is 0. The van der Waals surface area contributed by atoms with E-state index in [1.807, 2.05) is 0 Å². The zero-order valence-corrected chi connectivity index (χ0v) is 18.5. The first-order valence-corrected chi connectivity index (χ1v) is 9.95. The maximum Gasteiger partial charge on any atom is 0.573 e. The summed E-state index contributed by atoms with van der Waals surface area (Å²) in [6, 6.07) is 10.2. The molecular weight excluding hydrogens is 516 g/mol. The average molecular weight is 533 g/mol. The number of nitrogens with one attached hydrogen (secondary N) is 3. The van der Waals surface area contributed by atoms with Crippen molar-refractivity contribution in [1.82, 2.24) is 10.3 Å². The molecule has 1 aromatic heterocycles. The number of guanidine groups is 1. The van der Waals surface area contributed by atoms with E-state index in [1.165, 1.54) is 24.3 Å². The first kappa shape index (κ1) is 27.1. The number of nitrogens with two attached hydrogens (primary N) is 1. The standard InChI is InChI=1S/C19H16F3N5O3.C2HF3O2/c1-10-9-24-16(25-12-3-5-13(6-4-12)30-19(20,21)22)27-18(10,23)11-2-7-15-14(8-11)26-17(28)29-15;3-2(4,5)1(6)7/h2-9H,23H2,1H3,(H,26,28)(H2,24,25,27);(H,6,7). The van der Waals surface area contributed by atoms with Gasteiger partial charge in [0.15, 0.2) is 5.58 Å². The molecule has 37 heavy (non-hydrogen) atoms. The van der Waals surface area contributed by atoms with Crippen molar-refractivity contribution in [3.8, 4) is 5.75 Å². The number of ether oxygens (including phenoxy) is 1. The molecule has 0 radical (unpaired) electrons. The number of aromatic nitrogens is 1. The molecule has 16 heteroatoms. The highest BCUT2D eigenvalue weighted by atomic mass is 19.4. The number of halogens is 6. The lowest BCUT2D eigenvalue weighted by molar-refractivity contribution is -0.274. The number of aromatic amines is 1. The number of carboxylic acid groups (broad SMARTS) is 1. The molecule has 1 unspecified atom stereocenters. The molecule has 0 bridgehead atoms. The molecule has 6 N–H and O–H groups in total. The van der Waals surface area contributed by atoms with Crippen molar-refractivity contribution in [3.05, 3.63) is 70.4 Å². The van der Waals surface area contributed by atoms with Crippen molar-refractivity contribution >= 4 is 28.7 Å². The Morgan fingerprint density at radius 2 is 1.76 bits per heavy atom. The smallest absolute Gasteiger partial charge is 0.475 e. The lowest BCUT2D eigenvalue weighted by atomic mass is 9.92. The Balaban J connectivity index is 0.000000479. The third kappa shape index (κ3) is 6.81. The second-order valence-corrected chi connectivity index (χ2v) is 7.45. The summed E-state index contributed by atoms with van der Waals surface area (Å²) in [5, 5.41) is 13.2. The van der Waals surface area contributed by atoms with Gasteiger partial charge in [-0.15, -0.1) is 13.2 Å². The molecule has 2 heterocycles. The number of rotatable bonds is 3. The molecule has 3 aromatic rings. The number of anilines is 1. The third-order valence-electron chi connectivity index (χ3n) is 4.79. The minimum atomic E-state index is -5.08. The van der Waals surface area contributed by atoms with Gasteiger partial charge in [0, 0.05) is 11.9 Å². The van der Waals surface area contributed by atoms with Crippen molar-refractivity contribution in [2.45, 2.75) is 25.1 Å². The van der Waals surface area contributed by atoms with Crippen LogP contribution in [0.3, 0.4) is 0 Å². The van der Waals surface area contributed by atoms with Crippen LogP contribution >= 0.6 is 0 Å². The number of fused-ring (bicyclic) bond motifs is 1. The van der Waals surface area contributed by atoms with Crippen LogP contribution < -0.4 is 26.9 Å². The van der Waals surface area contributed by atoms with E-state index in [9.17, 15) is 31.1 Å². The van der Waals surface area contributed by atoms with E-state index in [-0.39, 0.29) is 11.7 Å². The summed E-state index contributed by atoms with van der Waals surface area (Å²) < 4.78 is 77.4. The molecule has 0 fully saturated rings. The molecule has 0 saturated carbocycles. The Morgan fingerprint density at radius 1 is 1.14 bits per heavy atom. The van der Waals surface area contributed by atoms with Crippen LogP contribution in [-0.2, 0) is 10.5 Å². The SMILES string of the molecule is CC1=CN=C(Nc2ccc(OC(F)(F)F)cc2)NC1(N)c1ccc2oc(=O)[nH]c2c1.O=C(O)C(F)(F)F. The number of hydrogen-bond donors (Lipinski definition) is 5. The van der Waals surface area contributed by atoms with Crippen LogP contribution in [0.15, 0.2) is 68.4 Å². The maximum absolute atomic E-state index is 12.3. The third-order valence-corrected chi connectivity index (χ3v) is 4.79. The minimum absolute atomic E-state index is 0.286. The van der Waals surface area contributed by atoms with Crippen LogP contribution in [-0.4, -0.2) is 34.6 Å². The van der Waals surface area contributed by atoms with Crippen molar-refractivity contribution < 1.29 is 45.4 Å². The molecule has 0 amide bonds. The van der Waals surface area contributed by atoms with Gasteiger partial charge in [0.25, 0.3) is 0 Å². The van der Waals surface area contributed by atoms with Crippen molar-refractivity contribution in [1.29, 1.82) is 0 Å². The topological polar surface area (TPSA) is 155 Å². The summed E-state index contributed by atoms with van der Waals surface area (Å²) in [7, 11) is 0. The van der Waals surface area contributed by atoms with Crippen molar-refractivity contribution in [2.24, 2.45) is 10.7 Å². The lowest BCUT2D eigenvalue weighted by Crippen LogP contribution is -2.57. The fourth-order valence-electron chi connectivity index (χ4n) is 3.02. The van der Waals surface area contributed by atoms with Gasteiger partial charge in [0.2, 0.25) is 5.96 Å². The summed E-state index contributed by atoms with van der Waals surface area (Å²) in [6.07, 6.45) is -8.27. The monoisotopic (exact) mass is 533 g/mol. The molecule has 0 saturated heterocycles. The molecular formula is C21H17F6N5O5.